The van der Waals surface area contributed by atoms with Gasteiger partial charge in [-0.25, -0.2) is 0 Å². The predicted molar refractivity (Wildman–Crippen MR) is 123 cm³/mol. The quantitative estimate of drug-likeness (QED) is 0.638. The summed E-state index contributed by atoms with van der Waals surface area (Å²) < 4.78 is 22.0. The summed E-state index contributed by atoms with van der Waals surface area (Å²) in [6.45, 7) is 0.920. The average molecular weight is 435 g/mol. The van der Waals surface area contributed by atoms with Crippen LogP contribution in [0, 0.1) is 11.3 Å². The molecule has 0 aliphatic carbocycles. The molecule has 0 radical (unpaired) electrons. The van der Waals surface area contributed by atoms with Crippen LogP contribution in [-0.4, -0.2) is 45.9 Å². The van der Waals surface area contributed by atoms with Gasteiger partial charge in [0.25, 0.3) is 0 Å². The highest BCUT2D eigenvalue weighted by molar-refractivity contribution is 5.79. The van der Waals surface area contributed by atoms with Gasteiger partial charge in [-0.3, -0.25) is 0 Å². The molecule has 0 unspecified atom stereocenters. The average Bonchev–Trinajstić information content (AvgIpc) is 2.86. The summed E-state index contributed by atoms with van der Waals surface area (Å²) in [7, 11) is 6.55. The molecule has 2 aliphatic heterocycles. The van der Waals surface area contributed by atoms with Gasteiger partial charge in [0.05, 0.1) is 28.4 Å². The summed E-state index contributed by atoms with van der Waals surface area (Å²) in [5, 5.41) is 10.3. The van der Waals surface area contributed by atoms with Crippen LogP contribution in [0.5, 0.6) is 23.0 Å². The Kier molecular flexibility index (Phi) is 6.45. The van der Waals surface area contributed by atoms with Crippen molar-refractivity contribution in [1.29, 1.82) is 5.26 Å². The van der Waals surface area contributed by atoms with Crippen molar-refractivity contribution in [2.45, 2.75) is 37.6 Å². The molecule has 1 saturated heterocycles. The van der Waals surface area contributed by atoms with Crippen molar-refractivity contribution in [2.24, 2.45) is 0 Å². The topological polar surface area (TPSA) is 64.0 Å². The Morgan fingerprint density at radius 2 is 1.50 bits per heavy atom. The number of nitriles is 1. The molecule has 2 heterocycles. The fraction of sp³-hybridized carbons (Fsp3) is 0.423. The Balaban J connectivity index is 1.90. The number of methoxy groups -OCH3 is 4. The second kappa shape index (κ2) is 9.44. The van der Waals surface area contributed by atoms with E-state index in [4.69, 9.17) is 18.9 Å². The van der Waals surface area contributed by atoms with Gasteiger partial charge in [0.2, 0.25) is 0 Å². The van der Waals surface area contributed by atoms with E-state index in [9.17, 15) is 5.26 Å². The van der Waals surface area contributed by atoms with Crippen LogP contribution in [-0.2, 0) is 0 Å². The van der Waals surface area contributed by atoms with E-state index in [1.165, 1.54) is 6.42 Å². The minimum atomic E-state index is 0.0573. The van der Waals surface area contributed by atoms with E-state index in [2.05, 4.69) is 17.0 Å². The normalized spacial score (nSPS) is 20.3. The van der Waals surface area contributed by atoms with E-state index >= 15 is 0 Å². The number of fused-ring (bicyclic) bond motifs is 1. The number of piperidine rings is 1. The zero-order valence-electron chi connectivity index (χ0n) is 19.2. The Morgan fingerprint density at radius 3 is 2.16 bits per heavy atom. The van der Waals surface area contributed by atoms with Gasteiger partial charge < -0.3 is 23.8 Å². The van der Waals surface area contributed by atoms with Gasteiger partial charge in [0, 0.05) is 24.1 Å². The molecule has 0 spiro atoms. The lowest BCUT2D eigenvalue weighted by atomic mass is 9.76. The molecule has 1 fully saturated rings. The first-order valence-electron chi connectivity index (χ1n) is 11.0. The van der Waals surface area contributed by atoms with E-state index in [1.54, 1.807) is 28.4 Å². The van der Waals surface area contributed by atoms with Crippen LogP contribution in [0.25, 0.3) is 5.57 Å². The number of benzene rings is 2. The standard InChI is InChI=1S/C26H30N2O4/c1-29-22-10-8-17(13-24(22)31-3)20-15-19-7-5-6-12-28(19)21(16-27)26(20)18-9-11-23(30-2)25(14-18)32-4/h8-11,13-14,19-20H,5-7,12,15H2,1-4H3/t19-,20+/m1/s1. The van der Waals surface area contributed by atoms with E-state index in [0.717, 1.165) is 48.2 Å². The summed E-state index contributed by atoms with van der Waals surface area (Å²) >= 11 is 0. The van der Waals surface area contributed by atoms with E-state index in [1.807, 2.05) is 30.3 Å². The second-order valence-electron chi connectivity index (χ2n) is 8.19. The van der Waals surface area contributed by atoms with E-state index < -0.39 is 0 Å². The molecule has 4 rings (SSSR count). The molecule has 6 heteroatoms. The number of rotatable bonds is 6. The summed E-state index contributed by atoms with van der Waals surface area (Å²) in [6.07, 6.45) is 4.37. The number of hydrogen-bond donors (Lipinski definition) is 0. The summed E-state index contributed by atoms with van der Waals surface area (Å²) in [5.41, 5.74) is 3.88. The zero-order chi connectivity index (χ0) is 22.7. The van der Waals surface area contributed by atoms with Crippen molar-refractivity contribution in [3.05, 3.63) is 53.2 Å². The lowest BCUT2D eigenvalue weighted by Gasteiger charge is -2.44. The maximum absolute atomic E-state index is 10.3. The maximum Gasteiger partial charge on any atom is 0.161 e. The maximum atomic E-state index is 10.3. The molecule has 0 N–H and O–H groups in total. The van der Waals surface area contributed by atoms with Crippen molar-refractivity contribution in [2.75, 3.05) is 35.0 Å². The first-order chi connectivity index (χ1) is 15.6. The molecule has 6 nitrogen and oxygen atoms in total. The third kappa shape index (κ3) is 3.84. The molecule has 0 bridgehead atoms. The highest BCUT2D eigenvalue weighted by Gasteiger charge is 2.38. The molecule has 2 aromatic carbocycles. The molecule has 32 heavy (non-hydrogen) atoms. The molecule has 0 aromatic heterocycles. The first-order valence-corrected chi connectivity index (χ1v) is 11.0. The van der Waals surface area contributed by atoms with Gasteiger partial charge in [0.1, 0.15) is 11.8 Å². The van der Waals surface area contributed by atoms with Crippen LogP contribution < -0.4 is 18.9 Å². The molecule has 2 aliphatic rings. The predicted octanol–water partition coefficient (Wildman–Crippen LogP) is 5.00. The van der Waals surface area contributed by atoms with Crippen LogP contribution >= 0.6 is 0 Å². The zero-order valence-corrected chi connectivity index (χ0v) is 19.2. The smallest absolute Gasteiger partial charge is 0.161 e. The van der Waals surface area contributed by atoms with Crippen molar-refractivity contribution < 1.29 is 18.9 Å². The molecule has 2 aromatic rings. The molecular formula is C26H30N2O4. The molecule has 0 amide bonds. The van der Waals surface area contributed by atoms with Crippen molar-refractivity contribution in [3.8, 4) is 29.1 Å². The van der Waals surface area contributed by atoms with Crippen LogP contribution in [0.4, 0.5) is 0 Å². The number of ether oxygens (including phenoxy) is 4. The lowest BCUT2D eigenvalue weighted by molar-refractivity contribution is 0.177. The Hall–Kier alpha value is -3.33. The number of hydrogen-bond acceptors (Lipinski definition) is 6. The van der Waals surface area contributed by atoms with Crippen LogP contribution in [0.15, 0.2) is 42.1 Å². The van der Waals surface area contributed by atoms with Crippen molar-refractivity contribution in [1.82, 2.24) is 4.90 Å². The van der Waals surface area contributed by atoms with E-state index in [0.29, 0.717) is 29.0 Å². The van der Waals surface area contributed by atoms with Gasteiger partial charge in [-0.15, -0.1) is 0 Å². The molecule has 168 valence electrons. The number of allylic oxidation sites excluding steroid dienone is 2. The van der Waals surface area contributed by atoms with Gasteiger partial charge in [-0.05, 0) is 61.1 Å². The fourth-order valence-corrected chi connectivity index (χ4v) is 5.09. The number of nitrogens with zero attached hydrogens (tertiary/aromatic N) is 2. The van der Waals surface area contributed by atoms with Gasteiger partial charge in [-0.1, -0.05) is 12.1 Å². The summed E-state index contributed by atoms with van der Waals surface area (Å²) in [6, 6.07) is 14.9. The van der Waals surface area contributed by atoms with Crippen LogP contribution in [0.3, 0.4) is 0 Å². The van der Waals surface area contributed by atoms with E-state index in [-0.39, 0.29) is 5.92 Å². The fourth-order valence-electron chi connectivity index (χ4n) is 5.09. The van der Waals surface area contributed by atoms with Crippen molar-refractivity contribution >= 4 is 5.57 Å². The molecule has 2 atom stereocenters. The SMILES string of the molecule is COc1ccc(C2=C(C#N)N3CCCC[C@@H]3C[C@H]2c2ccc(OC)c(OC)c2)cc1OC. The molecular weight excluding hydrogens is 404 g/mol. The first kappa shape index (κ1) is 21.9. The van der Waals surface area contributed by atoms with Gasteiger partial charge in [-0.2, -0.15) is 5.26 Å². The Labute approximate surface area is 190 Å². The minimum Gasteiger partial charge on any atom is -0.493 e. The minimum absolute atomic E-state index is 0.0573. The third-order valence-corrected chi connectivity index (χ3v) is 6.64. The Morgan fingerprint density at radius 1 is 0.844 bits per heavy atom. The Bertz CT molecular complexity index is 1060. The van der Waals surface area contributed by atoms with Crippen molar-refractivity contribution in [3.63, 3.8) is 0 Å². The highest BCUT2D eigenvalue weighted by atomic mass is 16.5. The second-order valence-corrected chi connectivity index (χ2v) is 8.19. The van der Waals surface area contributed by atoms with Crippen LogP contribution in [0.1, 0.15) is 42.7 Å². The molecule has 0 saturated carbocycles. The lowest BCUT2D eigenvalue weighted by Crippen LogP contribution is -2.43. The van der Waals surface area contributed by atoms with Gasteiger partial charge in [0.15, 0.2) is 23.0 Å². The van der Waals surface area contributed by atoms with Crippen LogP contribution in [0.2, 0.25) is 0 Å². The third-order valence-electron chi connectivity index (χ3n) is 6.64. The summed E-state index contributed by atoms with van der Waals surface area (Å²) in [4.78, 5) is 2.31. The largest absolute Gasteiger partial charge is 0.493 e. The monoisotopic (exact) mass is 434 g/mol. The summed E-state index contributed by atoms with van der Waals surface area (Å²) in [5.74, 6) is 2.78. The highest BCUT2D eigenvalue weighted by Crippen LogP contribution is 2.48. The van der Waals surface area contributed by atoms with Gasteiger partial charge >= 0.3 is 0 Å².